The van der Waals surface area contributed by atoms with Crippen molar-refractivity contribution in [1.29, 1.82) is 0 Å². The maximum Gasteiger partial charge on any atom is 0.325 e. The zero-order chi connectivity index (χ0) is 21.9. The Kier molecular flexibility index (Phi) is 6.20. The van der Waals surface area contributed by atoms with E-state index in [1.165, 1.54) is 24.3 Å². The molecule has 2 N–H and O–H groups in total. The molecule has 30 heavy (non-hydrogen) atoms. The molecule has 0 aliphatic carbocycles. The van der Waals surface area contributed by atoms with Gasteiger partial charge in [0.2, 0.25) is 5.91 Å². The van der Waals surface area contributed by atoms with Crippen LogP contribution in [0.4, 0.5) is 14.9 Å². The fourth-order valence-corrected chi connectivity index (χ4v) is 3.68. The van der Waals surface area contributed by atoms with Gasteiger partial charge in [-0.3, -0.25) is 14.5 Å². The van der Waals surface area contributed by atoms with E-state index < -0.39 is 35.7 Å². The maximum absolute atomic E-state index is 13.4. The van der Waals surface area contributed by atoms with E-state index in [0.29, 0.717) is 24.1 Å². The van der Waals surface area contributed by atoms with E-state index in [9.17, 15) is 18.8 Å². The van der Waals surface area contributed by atoms with Crippen molar-refractivity contribution >= 4 is 23.5 Å². The highest BCUT2D eigenvalue weighted by atomic mass is 19.1. The zero-order valence-electron chi connectivity index (χ0n) is 17.4. The van der Waals surface area contributed by atoms with Crippen LogP contribution in [-0.4, -0.2) is 29.3 Å². The molecule has 2 aromatic rings. The summed E-state index contributed by atoms with van der Waals surface area (Å²) in [5.74, 6) is -1.38. The molecular formula is C23H26FN3O3. The molecule has 0 radical (unpaired) electrons. The van der Waals surface area contributed by atoms with Gasteiger partial charge in [-0.15, -0.1) is 0 Å². The van der Waals surface area contributed by atoms with Gasteiger partial charge in [0.25, 0.3) is 5.91 Å². The average molecular weight is 411 g/mol. The van der Waals surface area contributed by atoms with Crippen molar-refractivity contribution in [3.05, 3.63) is 65.0 Å². The number of unbranched alkanes of at least 4 members (excludes halogenated alkanes) is 1. The van der Waals surface area contributed by atoms with Gasteiger partial charge in [0.15, 0.2) is 0 Å². The molecule has 1 heterocycles. The lowest BCUT2D eigenvalue weighted by Gasteiger charge is -2.27. The molecule has 3 rings (SSSR count). The lowest BCUT2D eigenvalue weighted by Crippen LogP contribution is -2.44. The van der Waals surface area contributed by atoms with E-state index in [-0.39, 0.29) is 0 Å². The van der Waals surface area contributed by atoms with E-state index in [1.807, 2.05) is 32.9 Å². The van der Waals surface area contributed by atoms with Crippen molar-refractivity contribution in [1.82, 2.24) is 10.2 Å². The number of hydrogen-bond acceptors (Lipinski definition) is 3. The van der Waals surface area contributed by atoms with Gasteiger partial charge in [-0.05, 0) is 55.2 Å². The molecule has 0 spiro atoms. The number of rotatable bonds is 7. The number of hydrogen-bond donors (Lipinski definition) is 2. The summed E-state index contributed by atoms with van der Waals surface area (Å²) in [7, 11) is 0. The van der Waals surface area contributed by atoms with Crippen LogP contribution in [0, 0.1) is 19.7 Å². The molecule has 1 saturated heterocycles. The first-order valence-corrected chi connectivity index (χ1v) is 10.0. The predicted octanol–water partition coefficient (Wildman–Crippen LogP) is 4.02. The van der Waals surface area contributed by atoms with Gasteiger partial charge in [-0.2, -0.15) is 0 Å². The Bertz CT molecular complexity index is 974. The Morgan fingerprint density at radius 2 is 1.83 bits per heavy atom. The van der Waals surface area contributed by atoms with Crippen LogP contribution in [-0.2, 0) is 15.1 Å². The highest BCUT2D eigenvalue weighted by molar-refractivity contribution is 6.10. The van der Waals surface area contributed by atoms with Crippen LogP contribution >= 0.6 is 0 Å². The number of carbonyl (C=O) groups is 3. The van der Waals surface area contributed by atoms with E-state index in [4.69, 9.17) is 0 Å². The molecule has 158 valence electrons. The van der Waals surface area contributed by atoms with Gasteiger partial charge in [-0.25, -0.2) is 9.18 Å². The van der Waals surface area contributed by atoms with E-state index in [2.05, 4.69) is 10.6 Å². The molecule has 0 aromatic heterocycles. The monoisotopic (exact) mass is 411 g/mol. The smallest absolute Gasteiger partial charge is 0.324 e. The minimum absolute atomic E-state index is 0.370. The average Bonchev–Trinajstić information content (AvgIpc) is 2.95. The van der Waals surface area contributed by atoms with Crippen LogP contribution in [0.5, 0.6) is 0 Å². The van der Waals surface area contributed by atoms with Gasteiger partial charge in [0.1, 0.15) is 17.9 Å². The minimum Gasteiger partial charge on any atom is -0.324 e. The second kappa shape index (κ2) is 8.65. The van der Waals surface area contributed by atoms with E-state index >= 15 is 0 Å². The first-order chi connectivity index (χ1) is 14.3. The SMILES string of the molecule is CCCCC1(c2ccc(F)cc2)NC(=O)N(CC(=O)Nc2cccc(C)c2C)C1=O. The summed E-state index contributed by atoms with van der Waals surface area (Å²) in [5.41, 5.74) is 1.81. The third kappa shape index (κ3) is 4.06. The van der Waals surface area contributed by atoms with E-state index in [1.54, 1.807) is 6.07 Å². The number of aryl methyl sites for hydroxylation is 1. The number of nitrogens with zero attached hydrogens (tertiary/aromatic N) is 1. The summed E-state index contributed by atoms with van der Waals surface area (Å²) in [5, 5.41) is 5.54. The molecule has 1 aliphatic rings. The van der Waals surface area contributed by atoms with Crippen molar-refractivity contribution in [2.24, 2.45) is 0 Å². The fourth-order valence-electron chi connectivity index (χ4n) is 3.68. The molecule has 1 atom stereocenters. The van der Waals surface area contributed by atoms with Crippen molar-refractivity contribution < 1.29 is 18.8 Å². The van der Waals surface area contributed by atoms with Gasteiger partial charge < -0.3 is 10.6 Å². The maximum atomic E-state index is 13.4. The first-order valence-electron chi connectivity index (χ1n) is 10.0. The highest BCUT2D eigenvalue weighted by Crippen LogP contribution is 2.34. The quantitative estimate of drug-likeness (QED) is 0.676. The minimum atomic E-state index is -1.29. The lowest BCUT2D eigenvalue weighted by molar-refractivity contribution is -0.134. The molecule has 4 amide bonds. The number of anilines is 1. The summed E-state index contributed by atoms with van der Waals surface area (Å²) < 4.78 is 13.4. The molecule has 1 aliphatic heterocycles. The number of carbonyl (C=O) groups excluding carboxylic acids is 3. The van der Waals surface area contributed by atoms with Crippen molar-refractivity contribution in [3.63, 3.8) is 0 Å². The summed E-state index contributed by atoms with van der Waals surface area (Å²) in [6.07, 6.45) is 1.87. The molecule has 6 nitrogen and oxygen atoms in total. The third-order valence-electron chi connectivity index (χ3n) is 5.60. The molecule has 1 fully saturated rings. The van der Waals surface area contributed by atoms with Crippen molar-refractivity contribution in [2.75, 3.05) is 11.9 Å². The molecule has 1 unspecified atom stereocenters. The van der Waals surface area contributed by atoms with Crippen LogP contribution in [0.2, 0.25) is 0 Å². The second-order valence-electron chi connectivity index (χ2n) is 7.63. The highest BCUT2D eigenvalue weighted by Gasteiger charge is 2.52. The molecule has 0 saturated carbocycles. The van der Waals surface area contributed by atoms with Gasteiger partial charge >= 0.3 is 6.03 Å². The summed E-state index contributed by atoms with van der Waals surface area (Å²) in [4.78, 5) is 39.5. The number of urea groups is 1. The van der Waals surface area contributed by atoms with Crippen molar-refractivity contribution in [2.45, 2.75) is 45.6 Å². The zero-order valence-corrected chi connectivity index (χ0v) is 17.4. The largest absolute Gasteiger partial charge is 0.325 e. The predicted molar refractivity (Wildman–Crippen MR) is 112 cm³/mol. The molecule has 2 aromatic carbocycles. The van der Waals surface area contributed by atoms with E-state index in [0.717, 1.165) is 22.4 Å². The second-order valence-corrected chi connectivity index (χ2v) is 7.63. The number of benzene rings is 2. The Balaban J connectivity index is 1.83. The third-order valence-corrected chi connectivity index (χ3v) is 5.60. The van der Waals surface area contributed by atoms with Gasteiger partial charge in [0.05, 0.1) is 0 Å². The Morgan fingerprint density at radius 3 is 2.50 bits per heavy atom. The lowest BCUT2D eigenvalue weighted by atomic mass is 9.85. The molecular weight excluding hydrogens is 385 g/mol. The Morgan fingerprint density at radius 1 is 1.13 bits per heavy atom. The number of imide groups is 1. The Labute approximate surface area is 175 Å². The fraction of sp³-hybridized carbons (Fsp3) is 0.348. The summed E-state index contributed by atoms with van der Waals surface area (Å²) >= 11 is 0. The van der Waals surface area contributed by atoms with Gasteiger partial charge in [0, 0.05) is 5.69 Å². The summed E-state index contributed by atoms with van der Waals surface area (Å²) in [6, 6.07) is 10.4. The van der Waals surface area contributed by atoms with Crippen LogP contribution in [0.1, 0.15) is 42.9 Å². The normalized spacial score (nSPS) is 18.5. The number of amides is 4. The van der Waals surface area contributed by atoms with Crippen LogP contribution in [0.3, 0.4) is 0 Å². The van der Waals surface area contributed by atoms with Crippen LogP contribution in [0.15, 0.2) is 42.5 Å². The topological polar surface area (TPSA) is 78.5 Å². The van der Waals surface area contributed by atoms with Crippen LogP contribution < -0.4 is 10.6 Å². The Hall–Kier alpha value is -3.22. The molecule has 0 bridgehead atoms. The first kappa shape index (κ1) is 21.5. The van der Waals surface area contributed by atoms with Crippen LogP contribution in [0.25, 0.3) is 0 Å². The molecule has 7 heteroatoms. The summed E-state index contributed by atoms with van der Waals surface area (Å²) in [6.45, 7) is 5.41. The number of nitrogens with one attached hydrogen (secondary N) is 2. The number of halogens is 1. The van der Waals surface area contributed by atoms with Crippen molar-refractivity contribution in [3.8, 4) is 0 Å². The standard InChI is InChI=1S/C23H26FN3O3/c1-4-5-13-23(17-9-11-18(24)12-10-17)21(29)27(22(30)26-23)14-20(28)25-19-8-6-7-15(2)16(19)3/h6-12H,4-5,13-14H2,1-3H3,(H,25,28)(H,26,30). The van der Waals surface area contributed by atoms with Gasteiger partial charge in [-0.1, -0.05) is 44.0 Å².